The summed E-state index contributed by atoms with van der Waals surface area (Å²) in [5, 5.41) is 1.87. The minimum atomic E-state index is -0.981. The number of halogens is 2. The number of rotatable bonds is 6. The van der Waals surface area contributed by atoms with E-state index in [-0.39, 0.29) is 30.6 Å². The van der Waals surface area contributed by atoms with E-state index in [0.29, 0.717) is 18.7 Å². The highest BCUT2D eigenvalue weighted by Gasteiger charge is 2.45. The van der Waals surface area contributed by atoms with E-state index in [0.717, 1.165) is 23.3 Å². The molecule has 3 heterocycles. The number of ether oxygens (including phenoxy) is 2. The average Bonchev–Trinajstić information content (AvgIpc) is 2.97. The number of carbonyl (C=O) groups excluding carboxylic acids is 1. The van der Waals surface area contributed by atoms with Gasteiger partial charge in [0.2, 0.25) is 5.43 Å². The van der Waals surface area contributed by atoms with E-state index in [1.165, 1.54) is 18.3 Å². The Morgan fingerprint density at radius 3 is 2.38 bits per heavy atom. The van der Waals surface area contributed by atoms with E-state index in [9.17, 15) is 18.4 Å². The van der Waals surface area contributed by atoms with Crippen LogP contribution in [-0.4, -0.2) is 41.4 Å². The molecule has 1 unspecified atom stereocenters. The molecule has 198 valence electrons. The molecule has 0 N–H and O–H groups in total. The maximum Gasteiger partial charge on any atom is 0.278 e. The Hall–Kier alpha value is -4.50. The molecule has 7 nitrogen and oxygen atoms in total. The zero-order valence-electron chi connectivity index (χ0n) is 20.9. The van der Waals surface area contributed by atoms with Crippen LogP contribution in [0.1, 0.15) is 33.2 Å². The number of amides is 1. The minimum Gasteiger partial charge on any atom is -0.482 e. The fraction of sp³-hybridized carbons (Fsp3) is 0.200. The van der Waals surface area contributed by atoms with Gasteiger partial charge in [-0.2, -0.15) is 0 Å². The van der Waals surface area contributed by atoms with Gasteiger partial charge in [0.15, 0.2) is 23.1 Å². The number of carbonyl (C=O) groups is 1. The summed E-state index contributed by atoms with van der Waals surface area (Å²) in [4.78, 5) is 28.6. The highest BCUT2D eigenvalue weighted by atomic mass is 19.2. The molecule has 1 fully saturated rings. The van der Waals surface area contributed by atoms with Crippen LogP contribution in [0.2, 0.25) is 0 Å². The first-order chi connectivity index (χ1) is 19.0. The summed E-state index contributed by atoms with van der Waals surface area (Å²) in [7, 11) is 0. The third kappa shape index (κ3) is 4.55. The summed E-state index contributed by atoms with van der Waals surface area (Å²) in [6.07, 6.45) is 0.939. The quantitative estimate of drug-likeness (QED) is 0.374. The third-order valence-corrected chi connectivity index (χ3v) is 7.02. The van der Waals surface area contributed by atoms with Gasteiger partial charge in [-0.1, -0.05) is 66.7 Å². The minimum absolute atomic E-state index is 0.0695. The molecule has 4 aromatic rings. The van der Waals surface area contributed by atoms with Crippen LogP contribution in [0.25, 0.3) is 0 Å². The van der Waals surface area contributed by atoms with Gasteiger partial charge < -0.3 is 14.4 Å². The number of pyridine rings is 1. The number of aromatic nitrogens is 1. The Labute approximate surface area is 223 Å². The lowest BCUT2D eigenvalue weighted by atomic mass is 9.96. The molecule has 1 saturated heterocycles. The van der Waals surface area contributed by atoms with E-state index in [2.05, 4.69) is 0 Å². The van der Waals surface area contributed by atoms with Gasteiger partial charge in [0.1, 0.15) is 12.8 Å². The SMILES string of the molecule is O=C1c2c(OCc3ccccc3)c(=O)ccn2N(C(c2ccccc2)c2ccc(F)c(F)c2)[C@@H]2COCCN12. The van der Waals surface area contributed by atoms with Crippen LogP contribution in [0, 0.1) is 11.6 Å². The van der Waals surface area contributed by atoms with Crippen LogP contribution < -0.4 is 15.2 Å². The molecule has 1 amide bonds. The Balaban J connectivity index is 1.54. The first-order valence-electron chi connectivity index (χ1n) is 12.6. The van der Waals surface area contributed by atoms with E-state index in [1.54, 1.807) is 9.58 Å². The van der Waals surface area contributed by atoms with Gasteiger partial charge in [-0.25, -0.2) is 8.78 Å². The number of hydrogen-bond donors (Lipinski definition) is 0. The van der Waals surface area contributed by atoms with Gasteiger partial charge in [0.05, 0.1) is 19.3 Å². The topological polar surface area (TPSA) is 64.0 Å². The number of hydrogen-bond acceptors (Lipinski definition) is 5. The maximum absolute atomic E-state index is 14.5. The van der Waals surface area contributed by atoms with Crippen LogP contribution in [0.3, 0.4) is 0 Å². The Kier molecular flexibility index (Phi) is 6.58. The van der Waals surface area contributed by atoms with Gasteiger partial charge in [-0.3, -0.25) is 19.3 Å². The van der Waals surface area contributed by atoms with E-state index in [1.807, 2.05) is 65.7 Å². The first-order valence-corrected chi connectivity index (χ1v) is 12.6. The van der Waals surface area contributed by atoms with Crippen molar-refractivity contribution in [3.05, 3.63) is 135 Å². The summed E-state index contributed by atoms with van der Waals surface area (Å²) in [6.45, 7) is 0.901. The summed E-state index contributed by atoms with van der Waals surface area (Å²) in [5.74, 6) is -2.37. The van der Waals surface area contributed by atoms with Crippen LogP contribution in [-0.2, 0) is 11.3 Å². The Morgan fingerprint density at radius 2 is 1.64 bits per heavy atom. The smallest absolute Gasteiger partial charge is 0.278 e. The lowest BCUT2D eigenvalue weighted by Gasteiger charge is -2.51. The molecule has 2 atom stereocenters. The zero-order chi connectivity index (χ0) is 26.9. The summed E-state index contributed by atoms with van der Waals surface area (Å²) in [6, 6.07) is 23.1. The van der Waals surface area contributed by atoms with Crippen molar-refractivity contribution >= 4 is 5.91 Å². The van der Waals surface area contributed by atoms with E-state index < -0.39 is 29.3 Å². The maximum atomic E-state index is 14.5. The Bertz CT molecular complexity index is 1560. The van der Waals surface area contributed by atoms with Crippen molar-refractivity contribution in [2.75, 3.05) is 24.8 Å². The molecule has 0 aliphatic carbocycles. The van der Waals surface area contributed by atoms with Gasteiger partial charge in [-0.15, -0.1) is 0 Å². The normalized spacial score (nSPS) is 17.4. The molecule has 0 spiro atoms. The van der Waals surface area contributed by atoms with Gasteiger partial charge >= 0.3 is 0 Å². The highest BCUT2D eigenvalue weighted by Crippen LogP contribution is 2.36. The molecule has 6 rings (SSSR count). The molecule has 0 radical (unpaired) electrons. The second-order valence-corrected chi connectivity index (χ2v) is 9.40. The molecular weight excluding hydrogens is 504 g/mol. The second kappa shape index (κ2) is 10.3. The van der Waals surface area contributed by atoms with E-state index >= 15 is 0 Å². The molecule has 0 bridgehead atoms. The van der Waals surface area contributed by atoms with Crippen molar-refractivity contribution in [2.45, 2.75) is 18.8 Å². The lowest BCUT2D eigenvalue weighted by molar-refractivity contribution is -0.0198. The van der Waals surface area contributed by atoms with Crippen molar-refractivity contribution in [1.82, 2.24) is 9.58 Å². The second-order valence-electron chi connectivity index (χ2n) is 9.40. The molecule has 2 aliphatic heterocycles. The number of benzene rings is 3. The number of morpholine rings is 1. The molecule has 3 aromatic carbocycles. The predicted octanol–water partition coefficient (Wildman–Crippen LogP) is 4.25. The van der Waals surface area contributed by atoms with Crippen molar-refractivity contribution in [3.8, 4) is 5.75 Å². The lowest BCUT2D eigenvalue weighted by Crippen LogP contribution is -2.66. The third-order valence-electron chi connectivity index (χ3n) is 7.02. The highest BCUT2D eigenvalue weighted by molar-refractivity contribution is 5.96. The van der Waals surface area contributed by atoms with Gasteiger partial charge in [0, 0.05) is 18.8 Å². The molecule has 1 aromatic heterocycles. The summed E-state index contributed by atoms with van der Waals surface area (Å²) < 4.78 is 41.9. The molecule has 2 aliphatic rings. The molecule has 9 heteroatoms. The van der Waals surface area contributed by atoms with Gasteiger partial charge in [0.25, 0.3) is 5.91 Å². The summed E-state index contributed by atoms with van der Waals surface area (Å²) >= 11 is 0. The van der Waals surface area contributed by atoms with Crippen molar-refractivity contribution in [2.24, 2.45) is 0 Å². The van der Waals surface area contributed by atoms with Crippen LogP contribution in [0.4, 0.5) is 8.78 Å². The van der Waals surface area contributed by atoms with Crippen molar-refractivity contribution < 1.29 is 23.0 Å². The largest absolute Gasteiger partial charge is 0.482 e. The predicted molar refractivity (Wildman–Crippen MR) is 140 cm³/mol. The van der Waals surface area contributed by atoms with Crippen LogP contribution in [0.5, 0.6) is 5.75 Å². The fourth-order valence-corrected chi connectivity index (χ4v) is 5.20. The monoisotopic (exact) mass is 529 g/mol. The first kappa shape index (κ1) is 24.8. The Morgan fingerprint density at radius 1 is 0.897 bits per heavy atom. The van der Waals surface area contributed by atoms with Crippen molar-refractivity contribution in [1.29, 1.82) is 0 Å². The van der Waals surface area contributed by atoms with Crippen LogP contribution in [0.15, 0.2) is 95.9 Å². The number of nitrogens with zero attached hydrogens (tertiary/aromatic N) is 3. The van der Waals surface area contributed by atoms with Crippen LogP contribution >= 0.6 is 0 Å². The molecular formula is C30H25F2N3O4. The zero-order valence-corrected chi connectivity index (χ0v) is 20.9. The van der Waals surface area contributed by atoms with Gasteiger partial charge in [-0.05, 0) is 28.8 Å². The van der Waals surface area contributed by atoms with Crippen molar-refractivity contribution in [3.63, 3.8) is 0 Å². The average molecular weight is 530 g/mol. The fourth-order valence-electron chi connectivity index (χ4n) is 5.20. The van der Waals surface area contributed by atoms with E-state index in [4.69, 9.17) is 9.47 Å². The molecule has 39 heavy (non-hydrogen) atoms. The number of fused-ring (bicyclic) bond motifs is 2. The summed E-state index contributed by atoms with van der Waals surface area (Å²) in [5.41, 5.74) is 1.73. The standard InChI is InChI=1S/C30H25F2N3O4/c31-23-12-11-22(17-24(23)32)27(21-9-5-2-6-10-21)35-26-19-38-16-15-33(26)30(37)28-29(25(36)13-14-34(28)35)39-18-20-7-3-1-4-8-20/h1-14,17,26-27H,15-16,18-19H2/t26-,27?/m1/s1. The molecule has 0 saturated carbocycles.